The maximum Gasteiger partial charge on any atom is 0.119 e. The predicted molar refractivity (Wildman–Crippen MR) is 79.7 cm³/mol. The highest BCUT2D eigenvalue weighted by Crippen LogP contribution is 2.47. The van der Waals surface area contributed by atoms with Crippen LogP contribution in [0.25, 0.3) is 11.1 Å². The largest absolute Gasteiger partial charge is 0.497 e. The van der Waals surface area contributed by atoms with E-state index in [0.29, 0.717) is 6.42 Å². The Morgan fingerprint density at radius 3 is 2.70 bits per heavy atom. The van der Waals surface area contributed by atoms with E-state index < -0.39 is 6.10 Å². The second kappa shape index (κ2) is 5.03. The Morgan fingerprint density at radius 2 is 1.95 bits per heavy atom. The Kier molecular flexibility index (Phi) is 3.22. The minimum absolute atomic E-state index is 0.0526. The molecule has 2 aromatic carbocycles. The predicted octanol–water partition coefficient (Wildman–Crippen LogP) is 3.19. The van der Waals surface area contributed by atoms with Gasteiger partial charge < -0.3 is 9.84 Å². The van der Waals surface area contributed by atoms with E-state index in [1.165, 1.54) is 0 Å². The lowest BCUT2D eigenvalue weighted by Gasteiger charge is -2.18. The van der Waals surface area contributed by atoms with Crippen molar-refractivity contribution in [1.29, 1.82) is 0 Å². The van der Waals surface area contributed by atoms with Gasteiger partial charge in [0.2, 0.25) is 0 Å². The first-order chi connectivity index (χ1) is 9.76. The van der Waals surface area contributed by atoms with E-state index in [-0.39, 0.29) is 5.92 Å². The molecular formula is C18H16O2. The average molecular weight is 264 g/mol. The third kappa shape index (κ3) is 1.88. The molecule has 0 saturated heterocycles. The van der Waals surface area contributed by atoms with Crippen LogP contribution in [0.4, 0.5) is 0 Å². The second-order valence-corrected chi connectivity index (χ2v) is 4.99. The van der Waals surface area contributed by atoms with Gasteiger partial charge in [-0.15, -0.1) is 12.3 Å². The summed E-state index contributed by atoms with van der Waals surface area (Å²) in [6.45, 7) is 0. The summed E-state index contributed by atoms with van der Waals surface area (Å²) in [7, 11) is 1.66. The van der Waals surface area contributed by atoms with Crippen molar-refractivity contribution in [2.45, 2.75) is 18.4 Å². The lowest BCUT2D eigenvalue weighted by molar-refractivity contribution is 0.163. The molecule has 0 heterocycles. The molecule has 0 aliphatic heterocycles. The zero-order valence-electron chi connectivity index (χ0n) is 11.3. The number of aliphatic hydroxyl groups excluding tert-OH is 1. The van der Waals surface area contributed by atoms with Gasteiger partial charge in [0.1, 0.15) is 5.75 Å². The van der Waals surface area contributed by atoms with Gasteiger partial charge in [-0.25, -0.2) is 0 Å². The molecule has 1 N–H and O–H groups in total. The van der Waals surface area contributed by atoms with E-state index in [9.17, 15) is 5.11 Å². The zero-order chi connectivity index (χ0) is 14.1. The number of ether oxygens (including phenoxy) is 1. The first kappa shape index (κ1) is 12.8. The van der Waals surface area contributed by atoms with Crippen molar-refractivity contribution >= 4 is 0 Å². The minimum atomic E-state index is -0.559. The van der Waals surface area contributed by atoms with Gasteiger partial charge in [0, 0.05) is 12.3 Å². The fourth-order valence-corrected chi connectivity index (χ4v) is 3.00. The number of terminal acetylenes is 1. The van der Waals surface area contributed by atoms with Crippen molar-refractivity contribution in [2.75, 3.05) is 7.11 Å². The topological polar surface area (TPSA) is 29.5 Å². The summed E-state index contributed by atoms with van der Waals surface area (Å²) in [5.41, 5.74) is 4.54. The molecule has 0 saturated carbocycles. The molecule has 2 atom stereocenters. The van der Waals surface area contributed by atoms with Crippen LogP contribution in [0, 0.1) is 12.3 Å². The molecule has 0 aromatic heterocycles. The van der Waals surface area contributed by atoms with Crippen LogP contribution in [0.3, 0.4) is 0 Å². The van der Waals surface area contributed by atoms with Gasteiger partial charge in [0.25, 0.3) is 0 Å². The van der Waals surface area contributed by atoms with Crippen LogP contribution in [0.2, 0.25) is 0 Å². The molecule has 3 rings (SSSR count). The van der Waals surface area contributed by atoms with Crippen LogP contribution in [-0.4, -0.2) is 18.3 Å². The van der Waals surface area contributed by atoms with Crippen molar-refractivity contribution in [1.82, 2.24) is 0 Å². The van der Waals surface area contributed by atoms with Crippen LogP contribution in [-0.2, 0) is 0 Å². The monoisotopic (exact) mass is 264 g/mol. The third-order valence-electron chi connectivity index (χ3n) is 3.89. The maximum atomic E-state index is 10.4. The highest BCUT2D eigenvalue weighted by Gasteiger charge is 2.33. The summed E-state index contributed by atoms with van der Waals surface area (Å²) < 4.78 is 5.30. The fourth-order valence-electron chi connectivity index (χ4n) is 3.00. The number of benzene rings is 2. The SMILES string of the molecule is C#CCC(O)C1c2ccccc2-c2cc(OC)ccc21. The molecule has 0 bridgehead atoms. The number of hydrogen-bond donors (Lipinski definition) is 1. The minimum Gasteiger partial charge on any atom is -0.497 e. The summed E-state index contributed by atoms with van der Waals surface area (Å²) in [6.07, 6.45) is 5.14. The lowest BCUT2D eigenvalue weighted by Crippen LogP contribution is -2.17. The van der Waals surface area contributed by atoms with Gasteiger partial charge in [-0.1, -0.05) is 30.3 Å². The number of rotatable bonds is 3. The first-order valence-electron chi connectivity index (χ1n) is 6.65. The van der Waals surface area contributed by atoms with Gasteiger partial charge in [-0.05, 0) is 34.4 Å². The van der Waals surface area contributed by atoms with Gasteiger partial charge in [0.15, 0.2) is 0 Å². The van der Waals surface area contributed by atoms with E-state index in [0.717, 1.165) is 28.0 Å². The van der Waals surface area contributed by atoms with E-state index in [2.05, 4.69) is 18.1 Å². The normalized spacial score (nSPS) is 16.9. The Bertz CT molecular complexity index is 682. The van der Waals surface area contributed by atoms with E-state index in [1.807, 2.05) is 30.3 Å². The van der Waals surface area contributed by atoms with E-state index >= 15 is 0 Å². The molecule has 1 aliphatic carbocycles. The van der Waals surface area contributed by atoms with Crippen LogP contribution >= 0.6 is 0 Å². The molecule has 2 nitrogen and oxygen atoms in total. The molecule has 0 radical (unpaired) electrons. The smallest absolute Gasteiger partial charge is 0.119 e. The number of methoxy groups -OCH3 is 1. The Balaban J connectivity index is 2.17. The van der Waals surface area contributed by atoms with Crippen molar-refractivity contribution < 1.29 is 9.84 Å². The molecule has 0 amide bonds. The Morgan fingerprint density at radius 1 is 1.20 bits per heavy atom. The summed E-state index contributed by atoms with van der Waals surface area (Å²) >= 11 is 0. The Labute approximate surface area is 119 Å². The van der Waals surface area contributed by atoms with Crippen LogP contribution in [0.1, 0.15) is 23.5 Å². The van der Waals surface area contributed by atoms with Gasteiger partial charge in [0.05, 0.1) is 13.2 Å². The van der Waals surface area contributed by atoms with Crippen LogP contribution in [0.5, 0.6) is 5.75 Å². The molecule has 2 unspecified atom stereocenters. The molecule has 2 aromatic rings. The summed E-state index contributed by atoms with van der Waals surface area (Å²) in [6, 6.07) is 14.1. The van der Waals surface area contributed by atoms with Crippen LogP contribution < -0.4 is 4.74 Å². The van der Waals surface area contributed by atoms with Crippen molar-refractivity contribution in [2.24, 2.45) is 0 Å². The molecule has 1 aliphatic rings. The summed E-state index contributed by atoms with van der Waals surface area (Å²) in [4.78, 5) is 0. The average Bonchev–Trinajstić information content (AvgIpc) is 2.81. The quantitative estimate of drug-likeness (QED) is 0.863. The molecule has 2 heteroatoms. The van der Waals surface area contributed by atoms with Gasteiger partial charge >= 0.3 is 0 Å². The van der Waals surface area contributed by atoms with Crippen molar-refractivity contribution in [3.63, 3.8) is 0 Å². The number of fused-ring (bicyclic) bond motifs is 3. The molecule has 0 spiro atoms. The lowest BCUT2D eigenvalue weighted by atomic mass is 9.90. The number of aliphatic hydroxyl groups is 1. The van der Waals surface area contributed by atoms with Gasteiger partial charge in [-0.2, -0.15) is 0 Å². The Hall–Kier alpha value is -2.24. The molecule has 0 fully saturated rings. The van der Waals surface area contributed by atoms with Gasteiger partial charge in [-0.3, -0.25) is 0 Å². The molecule has 20 heavy (non-hydrogen) atoms. The zero-order valence-corrected chi connectivity index (χ0v) is 11.3. The molecule has 100 valence electrons. The van der Waals surface area contributed by atoms with Crippen molar-refractivity contribution in [3.05, 3.63) is 53.6 Å². The third-order valence-corrected chi connectivity index (χ3v) is 3.89. The fraction of sp³-hybridized carbons (Fsp3) is 0.222. The van der Waals surface area contributed by atoms with Crippen molar-refractivity contribution in [3.8, 4) is 29.2 Å². The highest BCUT2D eigenvalue weighted by molar-refractivity contribution is 5.80. The van der Waals surface area contributed by atoms with Crippen LogP contribution in [0.15, 0.2) is 42.5 Å². The van der Waals surface area contributed by atoms with E-state index in [1.54, 1.807) is 7.11 Å². The standard InChI is InChI=1S/C18H16O2/c1-3-6-17(19)18-14-8-5-4-7-13(14)16-11-12(20-2)9-10-15(16)18/h1,4-5,7-11,17-19H,6H2,2H3. The summed E-state index contributed by atoms with van der Waals surface area (Å²) in [5.74, 6) is 3.33. The molecular weight excluding hydrogens is 248 g/mol. The maximum absolute atomic E-state index is 10.4. The first-order valence-corrected chi connectivity index (χ1v) is 6.65. The number of hydrogen-bond acceptors (Lipinski definition) is 2. The summed E-state index contributed by atoms with van der Waals surface area (Å²) in [5, 5.41) is 10.4. The highest BCUT2D eigenvalue weighted by atomic mass is 16.5. The van der Waals surface area contributed by atoms with E-state index in [4.69, 9.17) is 11.2 Å². The second-order valence-electron chi connectivity index (χ2n) is 4.99.